The Labute approximate surface area is 433 Å². The van der Waals surface area contributed by atoms with Crippen LogP contribution in [0.1, 0.15) is 0 Å². The van der Waals surface area contributed by atoms with Crippen molar-refractivity contribution in [3.8, 4) is 62.1 Å². The molecule has 6 heteroatoms. The topological polar surface area (TPSA) is 56.7 Å². The Balaban J connectivity index is 0.979. The van der Waals surface area contributed by atoms with E-state index in [0.717, 1.165) is 88.2 Å². The van der Waals surface area contributed by atoms with Gasteiger partial charge in [-0.1, -0.05) is 182 Å². The van der Waals surface area contributed by atoms with Gasteiger partial charge in [-0.15, -0.1) is 11.3 Å². The smallest absolute Gasteiger partial charge is 0.164 e. The molecule has 75 heavy (non-hydrogen) atoms. The van der Waals surface area contributed by atoms with E-state index >= 15 is 0 Å². The fourth-order valence-electron chi connectivity index (χ4n) is 11.7. The van der Waals surface area contributed by atoms with E-state index in [1.54, 1.807) is 11.3 Å². The van der Waals surface area contributed by atoms with Gasteiger partial charge in [-0.05, 0) is 104 Å². The molecule has 0 fully saturated rings. The Bertz CT molecular complexity index is 5040. The van der Waals surface area contributed by atoms with Crippen LogP contribution in [0.5, 0.6) is 0 Å². The Morgan fingerprint density at radius 1 is 0.307 bits per heavy atom. The van der Waals surface area contributed by atoms with Crippen LogP contribution in [0.2, 0.25) is 0 Å². The molecule has 16 aromatic rings. The maximum absolute atomic E-state index is 7.07. The van der Waals surface area contributed by atoms with E-state index in [1.807, 2.05) is 0 Å². The lowest BCUT2D eigenvalue weighted by atomic mass is 9.93. The maximum Gasteiger partial charge on any atom is 0.164 e. The van der Waals surface area contributed by atoms with E-state index < -0.39 is 0 Å². The zero-order valence-corrected chi connectivity index (χ0v) is 41.0. The summed E-state index contributed by atoms with van der Waals surface area (Å²) in [5, 5.41) is 13.8. The highest BCUT2D eigenvalue weighted by Gasteiger charge is 2.24. The number of benzene rings is 12. The van der Waals surface area contributed by atoms with E-state index in [2.05, 4.69) is 247 Å². The van der Waals surface area contributed by atoms with E-state index in [-0.39, 0.29) is 0 Å². The van der Waals surface area contributed by atoms with Crippen LogP contribution in [0.4, 0.5) is 0 Å². The van der Waals surface area contributed by atoms with Gasteiger partial charge in [0.25, 0.3) is 0 Å². The molecule has 0 aliphatic heterocycles. The van der Waals surface area contributed by atoms with E-state index in [1.165, 1.54) is 52.7 Å². The summed E-state index contributed by atoms with van der Waals surface area (Å²) in [6.07, 6.45) is 0. The molecule has 0 aliphatic carbocycles. The van der Waals surface area contributed by atoms with Crippen molar-refractivity contribution in [1.82, 2.24) is 19.5 Å². The average molecular weight is 973 g/mol. The predicted molar refractivity (Wildman–Crippen MR) is 314 cm³/mol. The first kappa shape index (κ1) is 41.8. The summed E-state index contributed by atoms with van der Waals surface area (Å²) in [6.45, 7) is 0. The largest absolute Gasteiger partial charge is 0.456 e. The number of fused-ring (bicyclic) bond motifs is 12. The second kappa shape index (κ2) is 16.4. The van der Waals surface area contributed by atoms with Crippen LogP contribution in [0.25, 0.3) is 158 Å². The molecule has 5 nitrogen and oxygen atoms in total. The summed E-state index contributed by atoms with van der Waals surface area (Å²) in [4.78, 5) is 16.2. The molecule has 0 N–H and O–H groups in total. The molecule has 0 atom stereocenters. The van der Waals surface area contributed by atoms with Crippen LogP contribution in [0.15, 0.2) is 247 Å². The molecular weight excluding hydrogens is 933 g/mol. The molecule has 0 aliphatic rings. The second-order valence-electron chi connectivity index (χ2n) is 19.5. The van der Waals surface area contributed by atoms with Gasteiger partial charge in [0.2, 0.25) is 0 Å². The molecule has 12 aromatic carbocycles. The Hall–Kier alpha value is -9.75. The van der Waals surface area contributed by atoms with Crippen molar-refractivity contribution in [1.29, 1.82) is 0 Å². The minimum absolute atomic E-state index is 0.575. The summed E-state index contributed by atoms with van der Waals surface area (Å²) in [5.74, 6) is 1.80. The molecule has 0 saturated carbocycles. The van der Waals surface area contributed by atoms with Gasteiger partial charge in [-0.25, -0.2) is 15.0 Å². The standard InChI is InChI=1S/C69H40N4OS/c1-2-17-43-35-48(34-33-41(43)15-1)67-70-68(72-69(71-67)54-28-14-32-64-66(54)52-25-8-10-31-63(52)75-64)53-27-13-30-61-65(53)57-39-55(47-22-11-21-46(36-47)50-26-12-20-42-16-5-6-23-49(42)50)60(40-62(57)74-61)73-58-29-9-7-24-51(58)56-37-44-18-3-4-19-45(44)38-59(56)73/h1-40H. The number of hydrogen-bond donors (Lipinski definition) is 0. The number of para-hydroxylation sites is 1. The van der Waals surface area contributed by atoms with Gasteiger partial charge in [0.05, 0.1) is 16.7 Å². The van der Waals surface area contributed by atoms with E-state index in [4.69, 9.17) is 19.4 Å². The Kier molecular flexibility index (Phi) is 9.14. The van der Waals surface area contributed by atoms with Crippen LogP contribution < -0.4 is 0 Å². The first-order chi connectivity index (χ1) is 37.1. The van der Waals surface area contributed by atoms with Crippen LogP contribution in [-0.2, 0) is 0 Å². The molecule has 348 valence electrons. The number of hydrogen-bond acceptors (Lipinski definition) is 5. The highest BCUT2D eigenvalue weighted by molar-refractivity contribution is 7.25. The third kappa shape index (κ3) is 6.60. The SMILES string of the molecule is c1cc(-c2cc3c(cc2-n2c4ccccc4c4cc5ccccc5cc42)oc2cccc(-c4nc(-c5ccc6ccccc6c5)nc(-c5cccc6sc7ccccc7c56)n4)c23)cc(-c2cccc3ccccc23)c1. The highest BCUT2D eigenvalue weighted by atomic mass is 32.1. The molecular formula is C69H40N4OS. The summed E-state index contributed by atoms with van der Waals surface area (Å²) in [5.41, 5.74) is 12.1. The van der Waals surface area contributed by atoms with Crippen LogP contribution in [0.3, 0.4) is 0 Å². The minimum atomic E-state index is 0.575. The van der Waals surface area contributed by atoms with E-state index in [0.29, 0.717) is 17.5 Å². The first-order valence-corrected chi connectivity index (χ1v) is 26.1. The van der Waals surface area contributed by atoms with Gasteiger partial charge in [0.1, 0.15) is 11.2 Å². The number of nitrogens with zero attached hydrogens (tertiary/aromatic N) is 4. The van der Waals surface area contributed by atoms with Gasteiger partial charge < -0.3 is 8.98 Å². The molecule has 0 radical (unpaired) electrons. The summed E-state index contributed by atoms with van der Waals surface area (Å²) < 4.78 is 11.9. The minimum Gasteiger partial charge on any atom is -0.456 e. The van der Waals surface area contributed by atoms with Crippen molar-refractivity contribution in [2.24, 2.45) is 0 Å². The molecule has 0 spiro atoms. The lowest BCUT2D eigenvalue weighted by Crippen LogP contribution is -2.01. The van der Waals surface area contributed by atoms with Crippen LogP contribution in [-0.4, -0.2) is 19.5 Å². The maximum atomic E-state index is 7.07. The van der Waals surface area contributed by atoms with Gasteiger partial charge in [-0.3, -0.25) is 0 Å². The number of rotatable bonds is 6. The fraction of sp³-hybridized carbons (Fsp3) is 0. The summed E-state index contributed by atoms with van der Waals surface area (Å²) in [7, 11) is 0. The van der Waals surface area contributed by atoms with Crippen molar-refractivity contribution in [3.63, 3.8) is 0 Å². The zero-order valence-electron chi connectivity index (χ0n) is 40.2. The van der Waals surface area contributed by atoms with Crippen molar-refractivity contribution in [2.75, 3.05) is 0 Å². The van der Waals surface area contributed by atoms with Gasteiger partial charge in [0.15, 0.2) is 17.5 Å². The molecule has 0 saturated heterocycles. The molecule has 0 amide bonds. The van der Waals surface area contributed by atoms with Crippen molar-refractivity contribution in [3.05, 3.63) is 243 Å². The third-order valence-electron chi connectivity index (χ3n) is 15.2. The fourth-order valence-corrected chi connectivity index (χ4v) is 12.9. The number of thiophene rings is 1. The second-order valence-corrected chi connectivity index (χ2v) is 20.6. The Morgan fingerprint density at radius 2 is 0.907 bits per heavy atom. The predicted octanol–water partition coefficient (Wildman–Crippen LogP) is 19.0. The zero-order chi connectivity index (χ0) is 49.1. The quantitative estimate of drug-likeness (QED) is 0.167. The molecule has 0 bridgehead atoms. The van der Waals surface area contributed by atoms with Gasteiger partial charge in [0, 0.05) is 70.0 Å². The van der Waals surface area contributed by atoms with E-state index in [9.17, 15) is 0 Å². The van der Waals surface area contributed by atoms with Gasteiger partial charge >= 0.3 is 0 Å². The number of furan rings is 1. The molecule has 4 aromatic heterocycles. The van der Waals surface area contributed by atoms with Crippen LogP contribution >= 0.6 is 11.3 Å². The lowest BCUT2D eigenvalue weighted by molar-refractivity contribution is 0.668. The monoisotopic (exact) mass is 972 g/mol. The summed E-state index contributed by atoms with van der Waals surface area (Å²) >= 11 is 1.79. The van der Waals surface area contributed by atoms with Crippen molar-refractivity contribution < 1.29 is 4.42 Å². The first-order valence-electron chi connectivity index (χ1n) is 25.3. The summed E-state index contributed by atoms with van der Waals surface area (Å²) in [6, 6.07) is 87.1. The van der Waals surface area contributed by atoms with Crippen molar-refractivity contribution in [2.45, 2.75) is 0 Å². The number of aromatic nitrogens is 4. The molecule has 16 rings (SSSR count). The lowest BCUT2D eigenvalue weighted by Gasteiger charge is -2.16. The van der Waals surface area contributed by atoms with Crippen LogP contribution in [0, 0.1) is 0 Å². The highest BCUT2D eigenvalue weighted by Crippen LogP contribution is 2.46. The third-order valence-corrected chi connectivity index (χ3v) is 16.3. The normalized spacial score (nSPS) is 12.0. The Morgan fingerprint density at radius 3 is 1.75 bits per heavy atom. The van der Waals surface area contributed by atoms with Gasteiger partial charge in [-0.2, -0.15) is 0 Å². The average Bonchev–Trinajstić information content (AvgIpc) is 4.18. The molecule has 4 heterocycles. The molecule has 0 unspecified atom stereocenters. The van der Waals surface area contributed by atoms with Crippen molar-refractivity contribution >= 4 is 108 Å².